The van der Waals surface area contributed by atoms with Crippen LogP contribution in [0.4, 0.5) is 5.00 Å². The SMILES string of the molecule is COCC(O)CNCc1csc([N+](=O)[O-])c1. The van der Waals surface area contributed by atoms with E-state index in [2.05, 4.69) is 5.32 Å². The topological polar surface area (TPSA) is 84.6 Å². The maximum absolute atomic E-state index is 10.4. The third-order valence-electron chi connectivity index (χ3n) is 1.89. The van der Waals surface area contributed by atoms with Gasteiger partial charge in [0.2, 0.25) is 0 Å². The summed E-state index contributed by atoms with van der Waals surface area (Å²) in [5, 5.41) is 24.6. The third kappa shape index (κ3) is 4.23. The lowest BCUT2D eigenvalue weighted by Crippen LogP contribution is -2.29. The summed E-state index contributed by atoms with van der Waals surface area (Å²) in [6.45, 7) is 1.18. The molecule has 6 nitrogen and oxygen atoms in total. The van der Waals surface area contributed by atoms with Crippen molar-refractivity contribution in [1.82, 2.24) is 5.32 Å². The predicted octanol–water partition coefficient (Wildman–Crippen LogP) is 0.753. The number of rotatable bonds is 7. The standard InChI is InChI=1S/C9H14N2O4S/c1-15-5-8(12)4-10-3-7-2-9(11(13)14)16-6-7/h2,6,8,10,12H,3-5H2,1H3. The molecule has 90 valence electrons. The van der Waals surface area contributed by atoms with Crippen molar-refractivity contribution in [3.05, 3.63) is 27.1 Å². The molecule has 0 saturated carbocycles. The van der Waals surface area contributed by atoms with E-state index in [0.29, 0.717) is 13.1 Å². The fraction of sp³-hybridized carbons (Fsp3) is 0.556. The average molecular weight is 246 g/mol. The first-order chi connectivity index (χ1) is 7.63. The molecule has 0 aliphatic heterocycles. The Morgan fingerprint density at radius 2 is 2.50 bits per heavy atom. The molecule has 1 unspecified atom stereocenters. The first-order valence-electron chi connectivity index (χ1n) is 4.73. The number of ether oxygens (including phenoxy) is 1. The first-order valence-corrected chi connectivity index (χ1v) is 5.61. The average Bonchev–Trinajstić information content (AvgIpc) is 2.67. The number of methoxy groups -OCH3 is 1. The van der Waals surface area contributed by atoms with Crippen molar-refractivity contribution in [2.75, 3.05) is 20.3 Å². The molecule has 0 bridgehead atoms. The second-order valence-corrected chi connectivity index (χ2v) is 4.18. The van der Waals surface area contributed by atoms with Crippen molar-refractivity contribution in [3.8, 4) is 0 Å². The van der Waals surface area contributed by atoms with Gasteiger partial charge in [-0.05, 0) is 5.56 Å². The quantitative estimate of drug-likeness (QED) is 0.548. The van der Waals surface area contributed by atoms with Gasteiger partial charge in [-0.25, -0.2) is 0 Å². The van der Waals surface area contributed by atoms with Crippen LogP contribution in [-0.4, -0.2) is 36.4 Å². The van der Waals surface area contributed by atoms with Crippen LogP contribution in [0.1, 0.15) is 5.56 Å². The molecule has 1 aromatic rings. The lowest BCUT2D eigenvalue weighted by molar-refractivity contribution is -0.380. The zero-order valence-corrected chi connectivity index (χ0v) is 9.70. The first kappa shape index (κ1) is 13.0. The zero-order chi connectivity index (χ0) is 12.0. The second kappa shape index (κ2) is 6.54. The van der Waals surface area contributed by atoms with Gasteiger partial charge in [-0.2, -0.15) is 0 Å². The van der Waals surface area contributed by atoms with Crippen LogP contribution in [0.15, 0.2) is 11.4 Å². The van der Waals surface area contributed by atoms with E-state index < -0.39 is 11.0 Å². The van der Waals surface area contributed by atoms with E-state index in [0.717, 1.165) is 16.9 Å². The highest BCUT2D eigenvalue weighted by Crippen LogP contribution is 2.22. The lowest BCUT2D eigenvalue weighted by Gasteiger charge is -2.09. The number of nitrogens with one attached hydrogen (secondary N) is 1. The minimum Gasteiger partial charge on any atom is -0.389 e. The highest BCUT2D eigenvalue weighted by Gasteiger charge is 2.09. The van der Waals surface area contributed by atoms with Crippen LogP contribution >= 0.6 is 11.3 Å². The van der Waals surface area contributed by atoms with Crippen LogP contribution in [-0.2, 0) is 11.3 Å². The van der Waals surface area contributed by atoms with E-state index >= 15 is 0 Å². The van der Waals surface area contributed by atoms with Crippen LogP contribution in [0.3, 0.4) is 0 Å². The Morgan fingerprint density at radius 1 is 1.75 bits per heavy atom. The molecule has 2 N–H and O–H groups in total. The predicted molar refractivity (Wildman–Crippen MR) is 60.6 cm³/mol. The van der Waals surface area contributed by atoms with Crippen molar-refractivity contribution in [2.45, 2.75) is 12.6 Å². The molecule has 0 radical (unpaired) electrons. The Balaban J connectivity index is 2.29. The molecule has 0 fully saturated rings. The summed E-state index contributed by atoms with van der Waals surface area (Å²) in [5.41, 5.74) is 0.848. The van der Waals surface area contributed by atoms with Gasteiger partial charge in [0.05, 0.1) is 17.6 Å². The van der Waals surface area contributed by atoms with Gasteiger partial charge in [-0.1, -0.05) is 11.3 Å². The summed E-state index contributed by atoms with van der Waals surface area (Å²) < 4.78 is 4.76. The summed E-state index contributed by atoms with van der Waals surface area (Å²) >= 11 is 1.10. The van der Waals surface area contributed by atoms with Gasteiger partial charge < -0.3 is 15.2 Å². The van der Waals surface area contributed by atoms with Gasteiger partial charge in [0, 0.05) is 31.6 Å². The number of nitro groups is 1. The van der Waals surface area contributed by atoms with Gasteiger partial charge in [0.1, 0.15) is 0 Å². The minimum absolute atomic E-state index is 0.134. The summed E-state index contributed by atoms with van der Waals surface area (Å²) in [4.78, 5) is 10.0. The van der Waals surface area contributed by atoms with Gasteiger partial charge in [-0.15, -0.1) is 0 Å². The molecule has 1 heterocycles. The van der Waals surface area contributed by atoms with Crippen molar-refractivity contribution in [1.29, 1.82) is 0 Å². The molecule has 1 rings (SSSR count). The highest BCUT2D eigenvalue weighted by atomic mass is 32.1. The van der Waals surface area contributed by atoms with Gasteiger partial charge >= 0.3 is 5.00 Å². The van der Waals surface area contributed by atoms with Gasteiger partial charge in [0.25, 0.3) is 0 Å². The molecule has 0 aliphatic carbocycles. The van der Waals surface area contributed by atoms with Gasteiger partial charge in [-0.3, -0.25) is 10.1 Å². The molecule has 0 saturated heterocycles. The van der Waals surface area contributed by atoms with Crippen LogP contribution in [0.2, 0.25) is 0 Å². The lowest BCUT2D eigenvalue weighted by atomic mass is 10.3. The number of thiophene rings is 1. The van der Waals surface area contributed by atoms with Crippen LogP contribution in [0.25, 0.3) is 0 Å². The van der Waals surface area contributed by atoms with Crippen LogP contribution in [0, 0.1) is 10.1 Å². The van der Waals surface area contributed by atoms with Crippen LogP contribution < -0.4 is 5.32 Å². The maximum Gasteiger partial charge on any atom is 0.324 e. The summed E-state index contributed by atoms with van der Waals surface area (Å²) in [6.07, 6.45) is -0.557. The van der Waals surface area contributed by atoms with E-state index in [9.17, 15) is 15.2 Å². The molecule has 7 heteroatoms. The minimum atomic E-state index is -0.557. The summed E-state index contributed by atoms with van der Waals surface area (Å²) in [6, 6.07) is 1.53. The smallest absolute Gasteiger partial charge is 0.324 e. The second-order valence-electron chi connectivity index (χ2n) is 3.29. The number of aliphatic hydroxyl groups excluding tert-OH is 1. The molecule has 0 aromatic carbocycles. The van der Waals surface area contributed by atoms with Crippen molar-refractivity contribution in [2.24, 2.45) is 0 Å². The number of nitrogens with zero attached hydrogens (tertiary/aromatic N) is 1. The van der Waals surface area contributed by atoms with E-state index in [4.69, 9.17) is 4.74 Å². The van der Waals surface area contributed by atoms with Crippen molar-refractivity contribution in [3.63, 3.8) is 0 Å². The molecular formula is C9H14N2O4S. The van der Waals surface area contributed by atoms with E-state index in [1.54, 1.807) is 5.38 Å². The van der Waals surface area contributed by atoms with Crippen LogP contribution in [0.5, 0.6) is 0 Å². The Morgan fingerprint density at radius 3 is 3.06 bits per heavy atom. The number of hydrogen-bond donors (Lipinski definition) is 2. The summed E-state index contributed by atoms with van der Waals surface area (Å²) in [7, 11) is 1.52. The maximum atomic E-state index is 10.4. The molecule has 16 heavy (non-hydrogen) atoms. The molecule has 1 atom stereocenters. The number of aliphatic hydroxyl groups is 1. The zero-order valence-electron chi connectivity index (χ0n) is 8.88. The summed E-state index contributed by atoms with van der Waals surface area (Å²) in [5.74, 6) is 0. The van der Waals surface area contributed by atoms with E-state index in [-0.39, 0.29) is 11.6 Å². The fourth-order valence-corrected chi connectivity index (χ4v) is 1.91. The van der Waals surface area contributed by atoms with Gasteiger partial charge in [0.15, 0.2) is 0 Å². The Labute approximate surface area is 97.0 Å². The molecule has 1 aromatic heterocycles. The normalized spacial score (nSPS) is 12.6. The molecule has 0 spiro atoms. The third-order valence-corrected chi connectivity index (χ3v) is 2.82. The highest BCUT2D eigenvalue weighted by molar-refractivity contribution is 7.13. The molecule has 0 aliphatic rings. The monoisotopic (exact) mass is 246 g/mol. The van der Waals surface area contributed by atoms with E-state index in [1.165, 1.54) is 13.2 Å². The van der Waals surface area contributed by atoms with Crippen molar-refractivity contribution < 1.29 is 14.8 Å². The molecular weight excluding hydrogens is 232 g/mol. The fourth-order valence-electron chi connectivity index (χ4n) is 1.19. The Hall–Kier alpha value is -1.02. The van der Waals surface area contributed by atoms with Crippen molar-refractivity contribution >= 4 is 16.3 Å². The largest absolute Gasteiger partial charge is 0.389 e. The molecule has 0 amide bonds. The number of hydrogen-bond acceptors (Lipinski definition) is 6. The Bertz CT molecular complexity index is 342. The van der Waals surface area contributed by atoms with E-state index in [1.807, 2.05) is 0 Å². The Kier molecular flexibility index (Phi) is 5.33.